The smallest absolute Gasteiger partial charge is 0.338 e. The average Bonchev–Trinajstić information content (AvgIpc) is 3.25. The van der Waals surface area contributed by atoms with Gasteiger partial charge in [0.05, 0.1) is 49.2 Å². The molecule has 5 N–H and O–H groups in total. The maximum atomic E-state index is 11.3. The van der Waals surface area contributed by atoms with Crippen molar-refractivity contribution < 1.29 is 68.4 Å². The van der Waals surface area contributed by atoms with Crippen LogP contribution < -0.4 is 4.74 Å². The third kappa shape index (κ3) is 22.6. The molecule has 5 aromatic carbocycles. The first kappa shape index (κ1) is 51.0. The van der Waals surface area contributed by atoms with E-state index < -0.39 is 12.3 Å². The summed E-state index contributed by atoms with van der Waals surface area (Å²) in [6, 6.07) is 33.1. The van der Waals surface area contributed by atoms with Crippen LogP contribution in [-0.2, 0) is 18.9 Å². The minimum absolute atomic E-state index is 0.137. The van der Waals surface area contributed by atoms with Gasteiger partial charge in [0, 0.05) is 0 Å². The fraction of sp³-hybridized carbons (Fsp3) is 0.261. The van der Waals surface area contributed by atoms with Gasteiger partial charge in [0.15, 0.2) is 6.29 Å². The number of ether oxygens (including phenoxy) is 5. The summed E-state index contributed by atoms with van der Waals surface area (Å²) in [5, 5.41) is 44.5. The van der Waals surface area contributed by atoms with Crippen molar-refractivity contribution in [2.75, 3.05) is 26.9 Å². The molecule has 14 nitrogen and oxygen atoms in total. The first-order valence-corrected chi connectivity index (χ1v) is 18.9. The number of phenols is 4. The van der Waals surface area contributed by atoms with Gasteiger partial charge in [-0.25, -0.2) is 19.2 Å². The number of phenolic OH excluding ortho intramolecular Hbond substituents is 4. The highest BCUT2D eigenvalue weighted by molar-refractivity contribution is 5.90. The normalized spacial score (nSPS) is 10.0. The van der Waals surface area contributed by atoms with E-state index in [4.69, 9.17) is 44.5 Å². The van der Waals surface area contributed by atoms with E-state index in [1.807, 2.05) is 32.0 Å². The van der Waals surface area contributed by atoms with E-state index in [0.717, 1.165) is 19.3 Å². The Hall–Kier alpha value is -7.06. The molecule has 322 valence electrons. The SMILES string of the molecule is CC(O)Oc1ccccc1.CCCCOC(=O)c1ccc(O)cc1.CCCOC(=O)c1ccc(O)cc1.CCOC(=O)c1ccc(O)cc1.COC(=O)c1ccc(O)cc1. The number of rotatable bonds is 12. The first-order valence-electron chi connectivity index (χ1n) is 18.9. The lowest BCUT2D eigenvalue weighted by molar-refractivity contribution is -0.000333. The largest absolute Gasteiger partial charge is 0.508 e. The van der Waals surface area contributed by atoms with Crippen LogP contribution in [0.2, 0.25) is 0 Å². The quantitative estimate of drug-likeness (QED) is 0.0345. The van der Waals surface area contributed by atoms with Crippen LogP contribution >= 0.6 is 0 Å². The Morgan fingerprint density at radius 3 is 1.15 bits per heavy atom. The summed E-state index contributed by atoms with van der Waals surface area (Å²) in [4.78, 5) is 44.4. The number of carbonyl (C=O) groups is 4. The van der Waals surface area contributed by atoms with Gasteiger partial charge in [-0.3, -0.25) is 0 Å². The van der Waals surface area contributed by atoms with E-state index in [9.17, 15) is 19.2 Å². The molecule has 0 amide bonds. The number of aliphatic hydroxyl groups excluding tert-OH is 1. The van der Waals surface area contributed by atoms with Gasteiger partial charge >= 0.3 is 23.9 Å². The van der Waals surface area contributed by atoms with E-state index in [0.29, 0.717) is 47.8 Å². The van der Waals surface area contributed by atoms with Crippen molar-refractivity contribution in [1.29, 1.82) is 0 Å². The Bertz CT molecular complexity index is 1930. The molecule has 0 radical (unpaired) electrons. The summed E-state index contributed by atoms with van der Waals surface area (Å²) in [7, 11) is 1.31. The first-order chi connectivity index (χ1) is 28.7. The molecule has 14 heteroatoms. The second-order valence-corrected chi connectivity index (χ2v) is 12.1. The van der Waals surface area contributed by atoms with Gasteiger partial charge < -0.3 is 49.2 Å². The predicted octanol–water partition coefficient (Wildman–Crippen LogP) is 8.46. The van der Waals surface area contributed by atoms with E-state index in [-0.39, 0.29) is 40.9 Å². The molecule has 0 aliphatic rings. The van der Waals surface area contributed by atoms with Gasteiger partial charge in [0.2, 0.25) is 0 Å². The summed E-state index contributed by atoms with van der Waals surface area (Å²) in [6.07, 6.45) is 1.96. The van der Waals surface area contributed by atoms with E-state index in [1.165, 1.54) is 92.0 Å². The predicted molar refractivity (Wildman–Crippen MR) is 224 cm³/mol. The average molecular weight is 831 g/mol. The number of aliphatic hydroxyl groups is 1. The lowest BCUT2D eigenvalue weighted by Crippen LogP contribution is -2.08. The number of para-hydroxylation sites is 1. The molecule has 0 spiro atoms. The minimum Gasteiger partial charge on any atom is -0.508 e. The van der Waals surface area contributed by atoms with E-state index in [2.05, 4.69) is 4.74 Å². The van der Waals surface area contributed by atoms with Crippen molar-refractivity contribution in [2.24, 2.45) is 0 Å². The second-order valence-electron chi connectivity index (χ2n) is 12.1. The van der Waals surface area contributed by atoms with Crippen molar-refractivity contribution in [2.45, 2.75) is 53.2 Å². The lowest BCUT2D eigenvalue weighted by Gasteiger charge is -2.06. The minimum atomic E-state index is -0.734. The molecule has 0 saturated carbocycles. The Morgan fingerprint density at radius 1 is 0.483 bits per heavy atom. The van der Waals surface area contributed by atoms with Crippen LogP contribution in [0.15, 0.2) is 127 Å². The Balaban J connectivity index is 0.000000377. The van der Waals surface area contributed by atoms with Crippen molar-refractivity contribution in [3.05, 3.63) is 150 Å². The molecule has 0 aliphatic heterocycles. The van der Waals surface area contributed by atoms with Gasteiger partial charge in [-0.2, -0.15) is 0 Å². The van der Waals surface area contributed by atoms with Crippen LogP contribution in [0.4, 0.5) is 0 Å². The number of hydrogen-bond acceptors (Lipinski definition) is 14. The zero-order valence-corrected chi connectivity index (χ0v) is 34.4. The van der Waals surface area contributed by atoms with Gasteiger partial charge in [-0.15, -0.1) is 0 Å². The molecule has 0 bridgehead atoms. The summed E-state index contributed by atoms with van der Waals surface area (Å²) in [6.45, 7) is 8.54. The van der Waals surface area contributed by atoms with Gasteiger partial charge in [0.1, 0.15) is 28.7 Å². The summed E-state index contributed by atoms with van der Waals surface area (Å²) in [5.41, 5.74) is 1.82. The molecular formula is C46H54O14. The topological polar surface area (TPSA) is 216 Å². The fourth-order valence-corrected chi connectivity index (χ4v) is 4.09. The Morgan fingerprint density at radius 2 is 0.833 bits per heavy atom. The molecule has 5 rings (SSSR count). The van der Waals surface area contributed by atoms with Crippen LogP contribution in [0.1, 0.15) is 88.4 Å². The molecule has 0 aliphatic carbocycles. The summed E-state index contributed by atoms with van der Waals surface area (Å²) in [5.74, 6) is -0.178. The number of aromatic hydroxyl groups is 4. The van der Waals surface area contributed by atoms with Gasteiger partial charge in [-0.1, -0.05) is 38.5 Å². The van der Waals surface area contributed by atoms with Crippen LogP contribution in [-0.4, -0.2) is 82.6 Å². The number of carbonyl (C=O) groups excluding carboxylic acids is 4. The maximum absolute atomic E-state index is 11.3. The third-order valence-corrected chi connectivity index (χ3v) is 7.09. The maximum Gasteiger partial charge on any atom is 0.338 e. The molecule has 0 saturated heterocycles. The van der Waals surface area contributed by atoms with Crippen LogP contribution in [0.25, 0.3) is 0 Å². The summed E-state index contributed by atoms with van der Waals surface area (Å²) < 4.78 is 24.1. The van der Waals surface area contributed by atoms with E-state index in [1.54, 1.807) is 38.1 Å². The van der Waals surface area contributed by atoms with Crippen molar-refractivity contribution in [3.8, 4) is 28.7 Å². The van der Waals surface area contributed by atoms with Gasteiger partial charge in [-0.05, 0) is 136 Å². The molecule has 0 aromatic heterocycles. The van der Waals surface area contributed by atoms with Crippen LogP contribution in [0, 0.1) is 0 Å². The zero-order valence-electron chi connectivity index (χ0n) is 34.4. The number of hydrogen-bond donors (Lipinski definition) is 5. The molecule has 1 atom stereocenters. The molecule has 0 heterocycles. The number of benzene rings is 5. The summed E-state index contributed by atoms with van der Waals surface area (Å²) >= 11 is 0. The van der Waals surface area contributed by atoms with Crippen LogP contribution in [0.3, 0.4) is 0 Å². The highest BCUT2D eigenvalue weighted by Gasteiger charge is 2.07. The van der Waals surface area contributed by atoms with Crippen molar-refractivity contribution in [1.82, 2.24) is 0 Å². The fourth-order valence-electron chi connectivity index (χ4n) is 4.09. The van der Waals surface area contributed by atoms with Crippen molar-refractivity contribution >= 4 is 23.9 Å². The lowest BCUT2D eigenvalue weighted by atomic mass is 10.2. The molecular weight excluding hydrogens is 776 g/mol. The van der Waals surface area contributed by atoms with Crippen molar-refractivity contribution in [3.63, 3.8) is 0 Å². The number of esters is 4. The molecule has 0 fully saturated rings. The molecule has 5 aromatic rings. The standard InChI is InChI=1S/C11H14O3.C10H12O3.C9H10O3.C8H8O3.C8H10O2/c1-2-3-8-14-11(13)9-4-6-10(12)7-5-9;1-2-7-13-10(12)8-3-5-9(11)6-4-8;1-2-12-9(11)7-3-5-8(10)6-4-7;1-11-8(10)6-2-4-7(9)5-3-6;1-7(9)10-8-5-3-2-4-6-8/h4-7,12H,2-3,8H2,1H3;3-6,11H,2,7H2,1H3;3-6,10H,2H2,1H3;2-5,9H,1H3;2-7,9H,1H3. The zero-order chi connectivity index (χ0) is 44.7. The highest BCUT2D eigenvalue weighted by Crippen LogP contribution is 2.13. The number of unbranched alkanes of at least 4 members (excludes halogenated alkanes) is 1. The third-order valence-electron chi connectivity index (χ3n) is 7.09. The highest BCUT2D eigenvalue weighted by atomic mass is 16.6. The Kier molecular flexibility index (Phi) is 25.5. The molecule has 60 heavy (non-hydrogen) atoms. The molecule has 1 unspecified atom stereocenters. The monoisotopic (exact) mass is 830 g/mol. The van der Waals surface area contributed by atoms with Gasteiger partial charge in [0.25, 0.3) is 0 Å². The second kappa shape index (κ2) is 30.1. The number of methoxy groups -OCH3 is 1. The Labute approximate surface area is 350 Å². The van der Waals surface area contributed by atoms with Crippen LogP contribution in [0.5, 0.6) is 28.7 Å². The van der Waals surface area contributed by atoms with E-state index >= 15 is 0 Å².